The summed E-state index contributed by atoms with van der Waals surface area (Å²) in [7, 11) is -2.71. The minimum atomic E-state index is -4.61. The molecule has 0 aliphatic rings. The van der Waals surface area contributed by atoms with Crippen LogP contribution in [0.25, 0.3) is 0 Å². The molecule has 0 aliphatic heterocycles. The van der Waals surface area contributed by atoms with Crippen molar-refractivity contribution in [2.75, 3.05) is 7.11 Å². The molecule has 0 aromatic heterocycles. The molecule has 17 heavy (non-hydrogen) atoms. The van der Waals surface area contributed by atoms with Crippen LogP contribution < -0.4 is 10.0 Å². The molecular weight excluding hydrogens is 256 g/mol. The number of rotatable bonds is 3. The molecule has 7 heteroatoms. The van der Waals surface area contributed by atoms with Crippen LogP contribution in [0.5, 0.6) is 5.75 Å². The van der Waals surface area contributed by atoms with Gasteiger partial charge in [0.2, 0.25) is 0 Å². The largest absolute Gasteiger partial charge is 0.497 e. The lowest BCUT2D eigenvalue weighted by Gasteiger charge is -2.08. The lowest BCUT2D eigenvalue weighted by atomic mass is 10.3. The third kappa shape index (κ3) is 4.24. The van der Waals surface area contributed by atoms with Crippen LogP contribution >= 0.6 is 7.37 Å². The van der Waals surface area contributed by atoms with E-state index in [0.717, 1.165) is 0 Å². The minimum Gasteiger partial charge on any atom is -0.497 e. The topological polar surface area (TPSA) is 46.5 Å². The third-order valence-electron chi connectivity index (χ3n) is 1.91. The van der Waals surface area contributed by atoms with E-state index in [9.17, 15) is 22.6 Å². The second kappa shape index (κ2) is 4.94. The van der Waals surface area contributed by atoms with Gasteiger partial charge >= 0.3 is 6.18 Å². The summed E-state index contributed by atoms with van der Waals surface area (Å²) in [4.78, 5) is 9.44. The molecule has 1 aromatic carbocycles. The summed E-state index contributed by atoms with van der Waals surface area (Å²) in [6, 6.07) is 5.31. The number of allylic oxidation sites excluding steroid dienone is 1. The van der Waals surface area contributed by atoms with Crippen molar-refractivity contribution < 1.29 is 27.4 Å². The molecule has 1 unspecified atom stereocenters. The van der Waals surface area contributed by atoms with E-state index in [1.54, 1.807) is 0 Å². The van der Waals surface area contributed by atoms with Gasteiger partial charge in [0.1, 0.15) is 5.75 Å². The quantitative estimate of drug-likeness (QED) is 0.855. The van der Waals surface area contributed by atoms with Crippen molar-refractivity contribution in [1.29, 1.82) is 0 Å². The first-order valence-electron chi connectivity index (χ1n) is 4.49. The molecule has 0 saturated carbocycles. The minimum absolute atomic E-state index is 0.0844. The fraction of sp³-hybridized carbons (Fsp3) is 0.200. The number of hydrogen-bond donors (Lipinski definition) is 1. The van der Waals surface area contributed by atoms with Gasteiger partial charge < -0.3 is 9.63 Å². The van der Waals surface area contributed by atoms with Gasteiger partial charge in [-0.15, -0.1) is 0 Å². The summed E-state index contributed by atoms with van der Waals surface area (Å²) in [5.41, 5.74) is 0. The lowest BCUT2D eigenvalue weighted by molar-refractivity contribution is -0.0797. The second-order valence-corrected chi connectivity index (χ2v) is 5.24. The molecular formula is C10H10F3O3P. The fourth-order valence-electron chi connectivity index (χ4n) is 1.07. The van der Waals surface area contributed by atoms with E-state index < -0.39 is 13.5 Å². The average molecular weight is 266 g/mol. The predicted octanol–water partition coefficient (Wildman–Crippen LogP) is 2.67. The molecule has 0 spiro atoms. The number of ether oxygens (including phenoxy) is 1. The van der Waals surface area contributed by atoms with Crippen LogP contribution in [-0.2, 0) is 4.57 Å². The van der Waals surface area contributed by atoms with Crippen molar-refractivity contribution in [3.8, 4) is 5.75 Å². The Hall–Kier alpha value is -1.26. The van der Waals surface area contributed by atoms with E-state index in [0.29, 0.717) is 5.75 Å². The Kier molecular flexibility index (Phi) is 4.01. The maximum Gasteiger partial charge on any atom is 0.409 e. The zero-order valence-electron chi connectivity index (χ0n) is 8.81. The van der Waals surface area contributed by atoms with Crippen LogP contribution in [0.4, 0.5) is 13.2 Å². The highest BCUT2D eigenvalue weighted by Crippen LogP contribution is 2.42. The van der Waals surface area contributed by atoms with Crippen LogP contribution in [0.2, 0.25) is 0 Å². The molecule has 0 heterocycles. The standard InChI is InChI=1S/C10H10F3O3P/c1-16-8-2-4-9(5-3-8)17(14,15)7-6-10(11,12)13/h2-7H,1H3,(H,14,15). The smallest absolute Gasteiger partial charge is 0.409 e. The van der Waals surface area contributed by atoms with Crippen LogP contribution in [0.3, 0.4) is 0 Å². The maximum atomic E-state index is 11.9. The van der Waals surface area contributed by atoms with Gasteiger partial charge in [0.15, 0.2) is 0 Å². The predicted molar refractivity (Wildman–Crippen MR) is 57.6 cm³/mol. The van der Waals surface area contributed by atoms with Gasteiger partial charge in [-0.2, -0.15) is 13.2 Å². The highest BCUT2D eigenvalue weighted by Gasteiger charge is 2.26. The van der Waals surface area contributed by atoms with E-state index in [1.807, 2.05) is 0 Å². The molecule has 1 aromatic rings. The van der Waals surface area contributed by atoms with Crippen molar-refractivity contribution in [1.82, 2.24) is 0 Å². The Morgan fingerprint density at radius 1 is 1.29 bits per heavy atom. The average Bonchev–Trinajstić information content (AvgIpc) is 2.26. The summed E-state index contributed by atoms with van der Waals surface area (Å²) < 4.78 is 52.1. The zero-order valence-corrected chi connectivity index (χ0v) is 9.70. The summed E-state index contributed by atoms with van der Waals surface area (Å²) in [6.45, 7) is 0. The highest BCUT2D eigenvalue weighted by atomic mass is 31.2. The van der Waals surface area contributed by atoms with Crippen LogP contribution in [0, 0.1) is 0 Å². The van der Waals surface area contributed by atoms with Crippen LogP contribution in [0.1, 0.15) is 0 Å². The Morgan fingerprint density at radius 2 is 1.82 bits per heavy atom. The number of alkyl halides is 3. The van der Waals surface area contributed by atoms with E-state index in [4.69, 9.17) is 4.74 Å². The van der Waals surface area contributed by atoms with E-state index in [-0.39, 0.29) is 17.2 Å². The summed E-state index contributed by atoms with van der Waals surface area (Å²) in [5.74, 6) is 0.725. The van der Waals surface area contributed by atoms with E-state index in [1.165, 1.54) is 31.4 Å². The molecule has 0 radical (unpaired) electrons. The van der Waals surface area contributed by atoms with E-state index in [2.05, 4.69) is 0 Å². The van der Waals surface area contributed by atoms with Crippen molar-refractivity contribution in [3.05, 3.63) is 36.2 Å². The van der Waals surface area contributed by atoms with Crippen molar-refractivity contribution in [2.24, 2.45) is 0 Å². The third-order valence-corrected chi connectivity index (χ3v) is 3.50. The number of benzene rings is 1. The van der Waals surface area contributed by atoms with Crippen molar-refractivity contribution in [3.63, 3.8) is 0 Å². The monoisotopic (exact) mass is 266 g/mol. The Morgan fingerprint density at radius 3 is 2.24 bits per heavy atom. The van der Waals surface area contributed by atoms with Gasteiger partial charge in [-0.05, 0) is 24.3 Å². The fourth-order valence-corrected chi connectivity index (χ4v) is 2.19. The molecule has 0 saturated heterocycles. The first kappa shape index (κ1) is 13.8. The van der Waals surface area contributed by atoms with Gasteiger partial charge in [0, 0.05) is 17.2 Å². The van der Waals surface area contributed by atoms with Crippen LogP contribution in [0.15, 0.2) is 36.2 Å². The highest BCUT2D eigenvalue weighted by molar-refractivity contribution is 7.69. The van der Waals surface area contributed by atoms with Gasteiger partial charge in [-0.25, -0.2) is 0 Å². The molecule has 0 fully saturated rings. The lowest BCUT2D eigenvalue weighted by Crippen LogP contribution is -2.05. The zero-order chi connectivity index (χ0) is 13.1. The first-order valence-corrected chi connectivity index (χ1v) is 6.22. The number of hydrogen-bond acceptors (Lipinski definition) is 2. The molecule has 1 rings (SSSR count). The number of methoxy groups -OCH3 is 1. The van der Waals surface area contributed by atoms with Crippen molar-refractivity contribution >= 4 is 12.7 Å². The molecule has 94 valence electrons. The maximum absolute atomic E-state index is 11.9. The van der Waals surface area contributed by atoms with Gasteiger partial charge in [-0.1, -0.05) is 0 Å². The summed E-state index contributed by atoms with van der Waals surface area (Å²) in [5, 5.41) is -0.0844. The molecule has 3 nitrogen and oxygen atoms in total. The Bertz CT molecular complexity index is 451. The molecule has 1 N–H and O–H groups in total. The first-order chi connectivity index (χ1) is 7.74. The van der Waals surface area contributed by atoms with Crippen molar-refractivity contribution in [2.45, 2.75) is 6.18 Å². The Balaban J connectivity index is 2.97. The molecule has 0 bridgehead atoms. The summed E-state index contributed by atoms with van der Waals surface area (Å²) in [6.07, 6.45) is -4.84. The van der Waals surface area contributed by atoms with Gasteiger partial charge in [0.05, 0.1) is 7.11 Å². The Labute approximate surface area is 96.0 Å². The normalized spacial score (nSPS) is 15.8. The molecule has 0 amide bonds. The molecule has 0 aliphatic carbocycles. The van der Waals surface area contributed by atoms with Gasteiger partial charge in [0.25, 0.3) is 7.37 Å². The number of halogens is 3. The SMILES string of the molecule is COc1ccc(P(=O)(O)C=CC(F)(F)F)cc1. The van der Waals surface area contributed by atoms with Gasteiger partial charge in [-0.3, -0.25) is 4.57 Å². The second-order valence-electron chi connectivity index (χ2n) is 3.18. The molecule has 1 atom stereocenters. The summed E-state index contributed by atoms with van der Waals surface area (Å²) >= 11 is 0. The van der Waals surface area contributed by atoms with E-state index >= 15 is 0 Å². The van der Waals surface area contributed by atoms with Crippen LogP contribution in [-0.4, -0.2) is 18.2 Å².